The minimum atomic E-state index is -0.581. The van der Waals surface area contributed by atoms with Gasteiger partial charge in [-0.05, 0) is 61.6 Å². The molecular formula is C21H22ClNO4. The van der Waals surface area contributed by atoms with Crippen molar-refractivity contribution in [3.05, 3.63) is 58.1 Å². The summed E-state index contributed by atoms with van der Waals surface area (Å²) in [4.78, 5) is 26.2. The highest BCUT2D eigenvalue weighted by Crippen LogP contribution is 2.28. The van der Waals surface area contributed by atoms with E-state index in [9.17, 15) is 9.59 Å². The molecule has 0 bridgehead atoms. The molecule has 27 heavy (non-hydrogen) atoms. The number of benzene rings is 2. The maximum atomic E-state index is 12.5. The molecule has 142 valence electrons. The first-order chi connectivity index (χ1) is 13.0. The first kappa shape index (κ1) is 19.2. The molecule has 0 saturated carbocycles. The maximum Gasteiger partial charge on any atom is 0.344 e. The summed E-state index contributed by atoms with van der Waals surface area (Å²) in [5.74, 6) is -0.204. The quantitative estimate of drug-likeness (QED) is 0.731. The first-order valence-corrected chi connectivity index (χ1v) is 9.27. The van der Waals surface area contributed by atoms with Crippen molar-refractivity contribution < 1.29 is 19.1 Å². The molecule has 1 aliphatic heterocycles. The van der Waals surface area contributed by atoms with Crippen LogP contribution in [0.3, 0.4) is 0 Å². The molecule has 0 fully saturated rings. The topological polar surface area (TPSA) is 55.8 Å². The summed E-state index contributed by atoms with van der Waals surface area (Å²) in [7, 11) is 0. The average Bonchev–Trinajstić information content (AvgIpc) is 2.64. The molecule has 0 unspecified atom stereocenters. The zero-order valence-corrected chi connectivity index (χ0v) is 16.2. The summed E-state index contributed by atoms with van der Waals surface area (Å²) in [5.41, 5.74) is 3.72. The Morgan fingerprint density at radius 1 is 1.11 bits per heavy atom. The third-order valence-electron chi connectivity index (χ3n) is 4.53. The molecule has 2 aromatic carbocycles. The predicted octanol–water partition coefficient (Wildman–Crippen LogP) is 3.86. The lowest BCUT2D eigenvalue weighted by Crippen LogP contribution is -2.38. The lowest BCUT2D eigenvalue weighted by atomic mass is 10.0. The monoisotopic (exact) mass is 387 g/mol. The van der Waals surface area contributed by atoms with Gasteiger partial charge in [-0.25, -0.2) is 4.79 Å². The number of esters is 1. The Morgan fingerprint density at radius 2 is 1.81 bits per heavy atom. The number of carbonyl (C=O) groups excluding carboxylic acids is 2. The smallest absolute Gasteiger partial charge is 0.344 e. The SMILES string of the molecule is Cc1cc(Cl)cc(C)c1OCC(=O)OCC(=O)N1CCCc2ccccc21. The van der Waals surface area contributed by atoms with Gasteiger partial charge in [0, 0.05) is 17.3 Å². The van der Waals surface area contributed by atoms with Gasteiger partial charge in [-0.3, -0.25) is 4.79 Å². The summed E-state index contributed by atoms with van der Waals surface area (Å²) >= 11 is 5.99. The van der Waals surface area contributed by atoms with E-state index in [0.29, 0.717) is 17.3 Å². The third kappa shape index (κ3) is 4.61. The van der Waals surface area contributed by atoms with Gasteiger partial charge in [-0.15, -0.1) is 0 Å². The molecule has 1 aliphatic rings. The standard InChI is InChI=1S/C21H22ClNO4/c1-14-10-17(22)11-15(2)21(14)27-13-20(25)26-12-19(24)23-9-5-7-16-6-3-4-8-18(16)23/h3-4,6,8,10-11H,5,7,9,12-13H2,1-2H3. The molecule has 0 N–H and O–H groups in total. The van der Waals surface area contributed by atoms with Crippen molar-refractivity contribution in [2.24, 2.45) is 0 Å². The van der Waals surface area contributed by atoms with Gasteiger partial charge in [-0.2, -0.15) is 0 Å². The molecule has 2 aromatic rings. The van der Waals surface area contributed by atoms with Crippen LogP contribution in [0.25, 0.3) is 0 Å². The predicted molar refractivity (Wildman–Crippen MR) is 104 cm³/mol. The van der Waals surface area contributed by atoms with Crippen LogP contribution in [0.15, 0.2) is 36.4 Å². The van der Waals surface area contributed by atoms with Crippen LogP contribution in [-0.2, 0) is 20.7 Å². The van der Waals surface area contributed by atoms with E-state index >= 15 is 0 Å². The summed E-state index contributed by atoms with van der Waals surface area (Å²) in [5, 5.41) is 0.618. The van der Waals surface area contributed by atoms with Crippen LogP contribution in [0.1, 0.15) is 23.1 Å². The van der Waals surface area contributed by atoms with Gasteiger partial charge in [-0.1, -0.05) is 29.8 Å². The van der Waals surface area contributed by atoms with E-state index in [0.717, 1.165) is 35.2 Å². The number of fused-ring (bicyclic) bond motifs is 1. The number of aryl methyl sites for hydroxylation is 3. The average molecular weight is 388 g/mol. The number of para-hydroxylation sites is 1. The molecule has 1 amide bonds. The van der Waals surface area contributed by atoms with Crippen LogP contribution in [0.5, 0.6) is 5.75 Å². The Morgan fingerprint density at radius 3 is 2.56 bits per heavy atom. The third-order valence-corrected chi connectivity index (χ3v) is 4.75. The fourth-order valence-electron chi connectivity index (χ4n) is 3.31. The number of ether oxygens (including phenoxy) is 2. The zero-order chi connectivity index (χ0) is 19.4. The summed E-state index contributed by atoms with van der Waals surface area (Å²) in [6, 6.07) is 11.3. The Bertz CT molecular complexity index is 842. The number of carbonyl (C=O) groups is 2. The molecule has 5 nitrogen and oxygen atoms in total. The Labute approximate surface area is 163 Å². The number of hydrogen-bond acceptors (Lipinski definition) is 4. The number of amides is 1. The minimum absolute atomic E-state index is 0.227. The summed E-state index contributed by atoms with van der Waals surface area (Å²) in [6.45, 7) is 3.79. The van der Waals surface area contributed by atoms with Crippen molar-refractivity contribution in [1.82, 2.24) is 0 Å². The fraction of sp³-hybridized carbons (Fsp3) is 0.333. The zero-order valence-electron chi connectivity index (χ0n) is 15.5. The number of anilines is 1. The fourth-order valence-corrected chi connectivity index (χ4v) is 3.64. The first-order valence-electron chi connectivity index (χ1n) is 8.89. The van der Waals surface area contributed by atoms with Gasteiger partial charge >= 0.3 is 5.97 Å². The molecule has 0 aliphatic carbocycles. The molecule has 3 rings (SSSR count). The van der Waals surface area contributed by atoms with Crippen LogP contribution in [-0.4, -0.2) is 31.6 Å². The van der Waals surface area contributed by atoms with Gasteiger partial charge in [0.2, 0.25) is 0 Å². The van der Waals surface area contributed by atoms with Crippen molar-refractivity contribution in [2.75, 3.05) is 24.7 Å². The van der Waals surface area contributed by atoms with Crippen LogP contribution < -0.4 is 9.64 Å². The van der Waals surface area contributed by atoms with Gasteiger partial charge in [0.25, 0.3) is 5.91 Å². The summed E-state index contributed by atoms with van der Waals surface area (Å²) < 4.78 is 10.7. The lowest BCUT2D eigenvalue weighted by Gasteiger charge is -2.29. The number of hydrogen-bond donors (Lipinski definition) is 0. The van der Waals surface area contributed by atoms with Gasteiger partial charge in [0.05, 0.1) is 0 Å². The van der Waals surface area contributed by atoms with E-state index in [1.54, 1.807) is 17.0 Å². The highest BCUT2D eigenvalue weighted by atomic mass is 35.5. The second-order valence-corrected chi connectivity index (χ2v) is 7.03. The van der Waals surface area contributed by atoms with Crippen LogP contribution in [0.4, 0.5) is 5.69 Å². The van der Waals surface area contributed by atoms with Crippen LogP contribution in [0.2, 0.25) is 5.02 Å². The Hall–Kier alpha value is -2.53. The molecule has 0 spiro atoms. The van der Waals surface area contributed by atoms with E-state index < -0.39 is 5.97 Å². The van der Waals surface area contributed by atoms with E-state index in [1.165, 1.54) is 0 Å². The van der Waals surface area contributed by atoms with E-state index in [4.69, 9.17) is 21.1 Å². The van der Waals surface area contributed by atoms with E-state index in [-0.39, 0.29) is 19.1 Å². The van der Waals surface area contributed by atoms with E-state index in [1.807, 2.05) is 38.1 Å². The number of halogens is 1. The second-order valence-electron chi connectivity index (χ2n) is 6.60. The normalized spacial score (nSPS) is 13.1. The number of nitrogens with zero attached hydrogens (tertiary/aromatic N) is 1. The van der Waals surface area contributed by atoms with Crippen LogP contribution in [0, 0.1) is 13.8 Å². The van der Waals surface area contributed by atoms with Gasteiger partial charge < -0.3 is 14.4 Å². The molecule has 0 saturated heterocycles. The maximum absolute atomic E-state index is 12.5. The van der Waals surface area contributed by atoms with E-state index in [2.05, 4.69) is 0 Å². The molecule has 6 heteroatoms. The molecule has 0 atom stereocenters. The second kappa shape index (κ2) is 8.44. The van der Waals surface area contributed by atoms with Crippen molar-refractivity contribution >= 4 is 29.2 Å². The molecule has 0 radical (unpaired) electrons. The van der Waals surface area contributed by atoms with Crippen molar-refractivity contribution in [3.8, 4) is 5.75 Å². The Balaban J connectivity index is 1.54. The van der Waals surface area contributed by atoms with Gasteiger partial charge in [0.15, 0.2) is 13.2 Å². The highest BCUT2D eigenvalue weighted by Gasteiger charge is 2.23. The highest BCUT2D eigenvalue weighted by molar-refractivity contribution is 6.30. The Kier molecular flexibility index (Phi) is 6.01. The van der Waals surface area contributed by atoms with Crippen molar-refractivity contribution in [1.29, 1.82) is 0 Å². The lowest BCUT2D eigenvalue weighted by molar-refractivity contribution is -0.149. The summed E-state index contributed by atoms with van der Waals surface area (Å²) in [6.07, 6.45) is 1.85. The molecule has 1 heterocycles. The van der Waals surface area contributed by atoms with Crippen molar-refractivity contribution in [2.45, 2.75) is 26.7 Å². The minimum Gasteiger partial charge on any atom is -0.481 e. The van der Waals surface area contributed by atoms with Gasteiger partial charge in [0.1, 0.15) is 5.75 Å². The molecule has 0 aromatic heterocycles. The number of rotatable bonds is 5. The molecular weight excluding hydrogens is 366 g/mol. The van der Waals surface area contributed by atoms with Crippen LogP contribution >= 0.6 is 11.6 Å². The van der Waals surface area contributed by atoms with Crippen molar-refractivity contribution in [3.63, 3.8) is 0 Å². The largest absolute Gasteiger partial charge is 0.481 e.